The predicted molar refractivity (Wildman–Crippen MR) is 73.3 cm³/mol. The van der Waals surface area contributed by atoms with E-state index >= 15 is 0 Å². The molecule has 0 aromatic carbocycles. The van der Waals surface area contributed by atoms with Crippen molar-refractivity contribution in [3.8, 4) is 0 Å². The molecule has 1 rings (SSSR count). The average Bonchev–Trinajstić information content (AvgIpc) is 2.64. The number of thiophene rings is 1. The summed E-state index contributed by atoms with van der Waals surface area (Å²) in [6.07, 6.45) is 0.852. The molecule has 1 heterocycles. The maximum absolute atomic E-state index is 11.6. The summed E-state index contributed by atoms with van der Waals surface area (Å²) in [5.74, 6) is -0.775. The Balaban J connectivity index is 2.42. The molecule has 1 aromatic heterocycles. The zero-order chi connectivity index (χ0) is 12.8. The van der Waals surface area contributed by atoms with E-state index in [1.54, 1.807) is 6.07 Å². The minimum absolute atomic E-state index is 0.244. The summed E-state index contributed by atoms with van der Waals surface area (Å²) in [4.78, 5) is 23.2. The van der Waals surface area contributed by atoms with Crippen LogP contribution in [0, 0.1) is 0 Å². The van der Waals surface area contributed by atoms with E-state index in [2.05, 4.69) is 37.2 Å². The number of ether oxygens (including phenoxy) is 1. The van der Waals surface area contributed by atoms with Crippen LogP contribution in [0.2, 0.25) is 0 Å². The number of hydrogen-bond acceptors (Lipinski definition) is 4. The molecule has 94 valence electrons. The number of esters is 1. The van der Waals surface area contributed by atoms with Gasteiger partial charge in [-0.05, 0) is 44.3 Å². The molecule has 0 bridgehead atoms. The average molecular weight is 385 g/mol. The lowest BCUT2D eigenvalue weighted by Crippen LogP contribution is -2.29. The van der Waals surface area contributed by atoms with Crippen molar-refractivity contribution < 1.29 is 14.3 Å². The van der Waals surface area contributed by atoms with Gasteiger partial charge in [0, 0.05) is 11.0 Å². The first-order chi connectivity index (χ1) is 8.04. The molecular formula is C10H11Br2NO3S. The van der Waals surface area contributed by atoms with Crippen molar-refractivity contribution in [2.45, 2.75) is 13.3 Å². The topological polar surface area (TPSA) is 55.4 Å². The third-order valence-corrected chi connectivity index (χ3v) is 4.99. The summed E-state index contributed by atoms with van der Waals surface area (Å²) in [7, 11) is 0. The molecular weight excluding hydrogens is 374 g/mol. The fraction of sp³-hybridized carbons (Fsp3) is 0.400. The van der Waals surface area contributed by atoms with Crippen LogP contribution in [0.5, 0.6) is 0 Å². The second-order valence-corrected chi connectivity index (χ2v) is 6.38. The van der Waals surface area contributed by atoms with E-state index in [0.29, 0.717) is 11.4 Å². The van der Waals surface area contributed by atoms with Gasteiger partial charge in [-0.2, -0.15) is 0 Å². The minimum atomic E-state index is -0.493. The van der Waals surface area contributed by atoms with Gasteiger partial charge in [-0.15, -0.1) is 11.3 Å². The number of rotatable bonds is 5. The van der Waals surface area contributed by atoms with Crippen molar-refractivity contribution in [3.63, 3.8) is 0 Å². The SMILES string of the molecule is CCCNC(=O)COC(=O)c1cc(Br)c(Br)s1. The first-order valence-electron chi connectivity index (χ1n) is 4.93. The molecule has 4 nitrogen and oxygen atoms in total. The Morgan fingerprint density at radius 3 is 2.71 bits per heavy atom. The highest BCUT2D eigenvalue weighted by molar-refractivity contribution is 9.13. The van der Waals surface area contributed by atoms with Crippen LogP contribution in [0.3, 0.4) is 0 Å². The molecule has 7 heteroatoms. The number of nitrogens with one attached hydrogen (secondary N) is 1. The highest BCUT2D eigenvalue weighted by Crippen LogP contribution is 2.32. The third-order valence-electron chi connectivity index (χ3n) is 1.75. The standard InChI is InChI=1S/C10H11Br2NO3S/c1-2-3-13-8(14)5-16-10(15)7-4-6(11)9(12)17-7/h4H,2-3,5H2,1H3,(H,13,14). The minimum Gasteiger partial charge on any atom is -0.451 e. The number of halogens is 2. The normalized spacial score (nSPS) is 10.1. The van der Waals surface area contributed by atoms with E-state index in [9.17, 15) is 9.59 Å². The Morgan fingerprint density at radius 2 is 2.18 bits per heavy atom. The van der Waals surface area contributed by atoms with Gasteiger partial charge in [-0.1, -0.05) is 6.92 Å². The van der Waals surface area contributed by atoms with Crippen molar-refractivity contribution >= 4 is 55.1 Å². The monoisotopic (exact) mass is 383 g/mol. The molecule has 0 unspecified atom stereocenters. The van der Waals surface area contributed by atoms with Crippen molar-refractivity contribution in [3.05, 3.63) is 19.2 Å². The van der Waals surface area contributed by atoms with Crippen LogP contribution in [-0.2, 0) is 9.53 Å². The molecule has 1 N–H and O–H groups in total. The third kappa shape index (κ3) is 4.77. The molecule has 0 radical (unpaired) electrons. The molecule has 17 heavy (non-hydrogen) atoms. The number of hydrogen-bond donors (Lipinski definition) is 1. The maximum atomic E-state index is 11.6. The van der Waals surface area contributed by atoms with Gasteiger partial charge in [0.1, 0.15) is 4.88 Å². The molecule has 0 saturated heterocycles. The van der Waals surface area contributed by atoms with Crippen molar-refractivity contribution in [1.29, 1.82) is 0 Å². The Labute approximate surface area is 120 Å². The number of carbonyl (C=O) groups excluding carboxylic acids is 2. The van der Waals surface area contributed by atoms with Gasteiger partial charge in [0.25, 0.3) is 5.91 Å². The Kier molecular flexibility index (Phi) is 6.15. The fourth-order valence-corrected chi connectivity index (χ4v) is 2.89. The zero-order valence-electron chi connectivity index (χ0n) is 9.09. The summed E-state index contributed by atoms with van der Waals surface area (Å²) < 4.78 is 6.49. The molecule has 0 aliphatic rings. The lowest BCUT2D eigenvalue weighted by Gasteiger charge is -2.03. The Bertz CT molecular complexity index is 400. The lowest BCUT2D eigenvalue weighted by atomic mass is 10.4. The van der Waals surface area contributed by atoms with E-state index in [1.165, 1.54) is 11.3 Å². The summed E-state index contributed by atoms with van der Waals surface area (Å²) in [5.41, 5.74) is 0. The molecule has 0 spiro atoms. The summed E-state index contributed by atoms with van der Waals surface area (Å²) >= 11 is 7.81. The first kappa shape index (κ1) is 14.7. The summed E-state index contributed by atoms with van der Waals surface area (Å²) in [5, 5.41) is 2.62. The van der Waals surface area contributed by atoms with Crippen LogP contribution >= 0.6 is 43.2 Å². The molecule has 0 fully saturated rings. The fourth-order valence-electron chi connectivity index (χ4n) is 0.965. The van der Waals surface area contributed by atoms with Gasteiger partial charge >= 0.3 is 5.97 Å². The zero-order valence-corrected chi connectivity index (χ0v) is 13.1. The van der Waals surface area contributed by atoms with Gasteiger partial charge in [-0.3, -0.25) is 4.79 Å². The second-order valence-electron chi connectivity index (χ2n) is 3.16. The predicted octanol–water partition coefficient (Wildman–Crippen LogP) is 2.96. The van der Waals surface area contributed by atoms with Crippen molar-refractivity contribution in [1.82, 2.24) is 5.32 Å². The molecule has 0 aliphatic carbocycles. The highest BCUT2D eigenvalue weighted by atomic mass is 79.9. The van der Waals surface area contributed by atoms with E-state index < -0.39 is 5.97 Å². The molecule has 1 amide bonds. The number of carbonyl (C=O) groups is 2. The van der Waals surface area contributed by atoms with Gasteiger partial charge in [-0.25, -0.2) is 4.79 Å². The van der Waals surface area contributed by atoms with Crippen molar-refractivity contribution in [2.75, 3.05) is 13.2 Å². The van der Waals surface area contributed by atoms with Crippen LogP contribution in [0.25, 0.3) is 0 Å². The second kappa shape index (κ2) is 7.13. The Hall–Kier alpha value is -0.400. The van der Waals surface area contributed by atoms with E-state index in [4.69, 9.17) is 4.74 Å². The highest BCUT2D eigenvalue weighted by Gasteiger charge is 2.14. The Morgan fingerprint density at radius 1 is 1.47 bits per heavy atom. The van der Waals surface area contributed by atoms with Crippen LogP contribution in [0.15, 0.2) is 14.3 Å². The molecule has 1 aromatic rings. The van der Waals surface area contributed by atoms with Crippen molar-refractivity contribution in [2.24, 2.45) is 0 Å². The van der Waals surface area contributed by atoms with E-state index in [-0.39, 0.29) is 12.5 Å². The van der Waals surface area contributed by atoms with Crippen LogP contribution in [0.1, 0.15) is 23.0 Å². The summed E-state index contributed by atoms with van der Waals surface area (Å²) in [6.45, 7) is 2.30. The smallest absolute Gasteiger partial charge is 0.348 e. The first-order valence-corrected chi connectivity index (χ1v) is 7.33. The molecule has 0 atom stereocenters. The maximum Gasteiger partial charge on any atom is 0.348 e. The van der Waals surface area contributed by atoms with E-state index in [0.717, 1.165) is 14.7 Å². The van der Waals surface area contributed by atoms with Gasteiger partial charge in [0.05, 0.1) is 3.79 Å². The van der Waals surface area contributed by atoms with Gasteiger partial charge in [0.15, 0.2) is 6.61 Å². The van der Waals surface area contributed by atoms with Gasteiger partial charge in [0.2, 0.25) is 0 Å². The van der Waals surface area contributed by atoms with E-state index in [1.807, 2.05) is 6.92 Å². The number of amides is 1. The lowest BCUT2D eigenvalue weighted by molar-refractivity contribution is -0.124. The van der Waals surface area contributed by atoms with Crippen LogP contribution < -0.4 is 5.32 Å². The largest absolute Gasteiger partial charge is 0.451 e. The molecule has 0 aliphatic heterocycles. The van der Waals surface area contributed by atoms with Gasteiger partial charge < -0.3 is 10.1 Å². The quantitative estimate of drug-likeness (QED) is 0.794. The van der Waals surface area contributed by atoms with Crippen LogP contribution in [0.4, 0.5) is 0 Å². The summed E-state index contributed by atoms with van der Waals surface area (Å²) in [6, 6.07) is 1.65. The molecule has 0 saturated carbocycles. The van der Waals surface area contributed by atoms with Crippen LogP contribution in [-0.4, -0.2) is 25.0 Å².